The Labute approximate surface area is 168 Å². The molecular weight excluding hydrogens is 368 g/mol. The Kier molecular flexibility index (Phi) is 5.46. The van der Waals surface area contributed by atoms with E-state index in [1.165, 1.54) is 0 Å². The summed E-state index contributed by atoms with van der Waals surface area (Å²) in [7, 11) is 0. The number of aromatic nitrogens is 2. The van der Waals surface area contributed by atoms with E-state index >= 15 is 0 Å². The molecule has 4 rings (SSSR count). The van der Waals surface area contributed by atoms with Crippen molar-refractivity contribution in [1.82, 2.24) is 14.9 Å². The van der Waals surface area contributed by atoms with Crippen LogP contribution in [0.3, 0.4) is 0 Å². The van der Waals surface area contributed by atoms with E-state index in [0.717, 1.165) is 12.0 Å². The summed E-state index contributed by atoms with van der Waals surface area (Å²) in [5.41, 5.74) is 2.91. The number of carbonyl (C=O) groups excluding carboxylic acids is 2. The first-order valence-electron chi connectivity index (χ1n) is 9.93. The number of nitrogens with one attached hydrogen (secondary N) is 3. The zero-order chi connectivity index (χ0) is 20.2. The van der Waals surface area contributed by atoms with E-state index in [9.17, 15) is 14.4 Å². The predicted molar refractivity (Wildman–Crippen MR) is 112 cm³/mol. The Bertz CT molecular complexity index is 1060. The minimum absolute atomic E-state index is 0.0429. The van der Waals surface area contributed by atoms with Gasteiger partial charge >= 0.3 is 5.69 Å². The van der Waals surface area contributed by atoms with Crippen LogP contribution in [-0.4, -0.2) is 39.8 Å². The normalized spacial score (nSPS) is 14.8. The monoisotopic (exact) mass is 392 g/mol. The maximum atomic E-state index is 12.6. The lowest BCUT2D eigenvalue weighted by Gasteiger charge is -2.31. The van der Waals surface area contributed by atoms with Crippen LogP contribution in [0.5, 0.6) is 0 Å². The number of imidazole rings is 1. The Hall–Kier alpha value is -3.35. The van der Waals surface area contributed by atoms with E-state index in [4.69, 9.17) is 0 Å². The number of anilines is 1. The zero-order valence-corrected chi connectivity index (χ0v) is 16.1. The lowest BCUT2D eigenvalue weighted by molar-refractivity contribution is -0.134. The van der Waals surface area contributed by atoms with Crippen LogP contribution in [0.1, 0.15) is 24.8 Å². The van der Waals surface area contributed by atoms with Crippen molar-refractivity contribution >= 4 is 28.5 Å². The highest BCUT2D eigenvalue weighted by Gasteiger charge is 2.27. The molecule has 0 aliphatic carbocycles. The number of benzene rings is 2. The van der Waals surface area contributed by atoms with Crippen LogP contribution in [-0.2, 0) is 16.0 Å². The summed E-state index contributed by atoms with van der Waals surface area (Å²) < 4.78 is 0. The van der Waals surface area contributed by atoms with E-state index < -0.39 is 0 Å². The first-order chi connectivity index (χ1) is 14.1. The van der Waals surface area contributed by atoms with Crippen molar-refractivity contribution in [2.45, 2.75) is 25.7 Å². The lowest BCUT2D eigenvalue weighted by Crippen LogP contribution is -2.41. The second-order valence-corrected chi connectivity index (χ2v) is 7.47. The third kappa shape index (κ3) is 4.56. The van der Waals surface area contributed by atoms with Crippen molar-refractivity contribution in [3.63, 3.8) is 0 Å². The fourth-order valence-electron chi connectivity index (χ4n) is 3.80. The van der Waals surface area contributed by atoms with E-state index in [-0.39, 0.29) is 23.4 Å². The highest BCUT2D eigenvalue weighted by molar-refractivity contribution is 5.94. The molecule has 2 aromatic carbocycles. The standard InChI is InChI=1S/C22H24N4O3/c27-20(9-6-15-4-2-1-3-5-15)26-12-10-16(11-13-26)21(28)23-17-7-8-18-19(14-17)25-22(29)24-18/h1-5,7-8,14,16H,6,9-13H2,(H,23,28)(H2,24,25,29). The molecular formula is C22H24N4O3. The number of piperidine rings is 1. The number of H-pyrrole nitrogens is 2. The van der Waals surface area contributed by atoms with Gasteiger partial charge in [0.05, 0.1) is 11.0 Å². The van der Waals surface area contributed by atoms with Gasteiger partial charge in [-0.3, -0.25) is 9.59 Å². The molecule has 7 heteroatoms. The molecule has 0 unspecified atom stereocenters. The van der Waals surface area contributed by atoms with Crippen LogP contribution < -0.4 is 11.0 Å². The van der Waals surface area contributed by atoms with Gasteiger partial charge in [0.1, 0.15) is 0 Å². The highest BCUT2D eigenvalue weighted by Crippen LogP contribution is 2.21. The number of nitrogens with zero attached hydrogens (tertiary/aromatic N) is 1. The molecule has 0 bridgehead atoms. The number of likely N-dealkylation sites (tertiary alicyclic amines) is 1. The molecule has 0 spiro atoms. The molecule has 0 atom stereocenters. The number of aromatic amines is 2. The van der Waals surface area contributed by atoms with Crippen LogP contribution in [0.2, 0.25) is 0 Å². The summed E-state index contributed by atoms with van der Waals surface area (Å²) in [5.74, 6) is -0.0117. The molecule has 2 amide bonds. The molecule has 150 valence electrons. The number of aryl methyl sites for hydroxylation is 1. The van der Waals surface area contributed by atoms with E-state index in [2.05, 4.69) is 15.3 Å². The third-order valence-electron chi connectivity index (χ3n) is 5.47. The number of rotatable bonds is 5. The van der Waals surface area contributed by atoms with Crippen molar-refractivity contribution in [2.24, 2.45) is 5.92 Å². The third-order valence-corrected chi connectivity index (χ3v) is 5.47. The van der Waals surface area contributed by atoms with Gasteiger partial charge in [0.25, 0.3) is 0 Å². The summed E-state index contributed by atoms with van der Waals surface area (Å²) in [6, 6.07) is 15.3. The smallest absolute Gasteiger partial charge is 0.323 e. The van der Waals surface area contributed by atoms with Gasteiger partial charge in [0, 0.05) is 31.1 Å². The molecule has 7 nitrogen and oxygen atoms in total. The second-order valence-electron chi connectivity index (χ2n) is 7.47. The number of fused-ring (bicyclic) bond motifs is 1. The van der Waals surface area contributed by atoms with Crippen LogP contribution in [0, 0.1) is 5.92 Å². The fraction of sp³-hybridized carbons (Fsp3) is 0.318. The molecule has 1 aliphatic rings. The molecule has 0 radical (unpaired) electrons. The molecule has 1 saturated heterocycles. The van der Waals surface area contributed by atoms with Crippen LogP contribution >= 0.6 is 0 Å². The minimum Gasteiger partial charge on any atom is -0.343 e. The average molecular weight is 392 g/mol. The van der Waals surface area contributed by atoms with Gasteiger partial charge in [-0.2, -0.15) is 0 Å². The van der Waals surface area contributed by atoms with E-state index in [1.54, 1.807) is 18.2 Å². The maximum Gasteiger partial charge on any atom is 0.323 e. The molecule has 3 aromatic rings. The van der Waals surface area contributed by atoms with Gasteiger partial charge in [-0.25, -0.2) is 4.79 Å². The molecule has 1 fully saturated rings. The summed E-state index contributed by atoms with van der Waals surface area (Å²) in [6.45, 7) is 1.21. The van der Waals surface area contributed by atoms with Crippen LogP contribution in [0.25, 0.3) is 11.0 Å². The summed E-state index contributed by atoms with van der Waals surface area (Å²) >= 11 is 0. The quantitative estimate of drug-likeness (QED) is 0.623. The molecule has 29 heavy (non-hydrogen) atoms. The number of amides is 2. The Morgan fingerprint density at radius 3 is 2.48 bits per heavy atom. The Morgan fingerprint density at radius 2 is 1.72 bits per heavy atom. The van der Waals surface area contributed by atoms with Gasteiger partial charge in [0.2, 0.25) is 11.8 Å². The van der Waals surface area contributed by atoms with E-state index in [0.29, 0.717) is 49.1 Å². The van der Waals surface area contributed by atoms with Gasteiger partial charge in [-0.05, 0) is 43.0 Å². The van der Waals surface area contributed by atoms with E-state index in [1.807, 2.05) is 35.2 Å². The maximum absolute atomic E-state index is 12.6. The van der Waals surface area contributed by atoms with Gasteiger partial charge in [0.15, 0.2) is 0 Å². The molecule has 1 aromatic heterocycles. The predicted octanol–water partition coefficient (Wildman–Crippen LogP) is 2.67. The van der Waals surface area contributed by atoms with Crippen molar-refractivity contribution in [3.05, 3.63) is 64.6 Å². The topological polar surface area (TPSA) is 98.1 Å². The van der Waals surface area contributed by atoms with Gasteiger partial charge in [-0.15, -0.1) is 0 Å². The largest absolute Gasteiger partial charge is 0.343 e. The van der Waals surface area contributed by atoms with Gasteiger partial charge < -0.3 is 20.2 Å². The minimum atomic E-state index is -0.271. The van der Waals surface area contributed by atoms with Crippen molar-refractivity contribution < 1.29 is 9.59 Å². The summed E-state index contributed by atoms with van der Waals surface area (Å²) in [4.78, 5) is 43.6. The first kappa shape index (κ1) is 19.0. The first-order valence-corrected chi connectivity index (χ1v) is 9.93. The molecule has 0 saturated carbocycles. The zero-order valence-electron chi connectivity index (χ0n) is 16.1. The Balaban J connectivity index is 1.27. The average Bonchev–Trinajstić information content (AvgIpc) is 3.12. The van der Waals surface area contributed by atoms with Crippen molar-refractivity contribution in [3.8, 4) is 0 Å². The lowest BCUT2D eigenvalue weighted by atomic mass is 9.95. The fourth-order valence-corrected chi connectivity index (χ4v) is 3.80. The van der Waals surface area contributed by atoms with Crippen LogP contribution in [0.15, 0.2) is 53.3 Å². The van der Waals surface area contributed by atoms with Crippen molar-refractivity contribution in [2.75, 3.05) is 18.4 Å². The van der Waals surface area contributed by atoms with Gasteiger partial charge in [-0.1, -0.05) is 30.3 Å². The van der Waals surface area contributed by atoms with Crippen LogP contribution in [0.4, 0.5) is 5.69 Å². The number of hydrogen-bond donors (Lipinski definition) is 3. The molecule has 2 heterocycles. The second kappa shape index (κ2) is 8.34. The number of hydrogen-bond acceptors (Lipinski definition) is 3. The molecule has 3 N–H and O–H groups in total. The summed E-state index contributed by atoms with van der Waals surface area (Å²) in [6.07, 6.45) is 2.55. The molecule has 1 aliphatic heterocycles. The highest BCUT2D eigenvalue weighted by atomic mass is 16.2. The number of carbonyl (C=O) groups is 2. The summed E-state index contributed by atoms with van der Waals surface area (Å²) in [5, 5.41) is 2.93. The Morgan fingerprint density at radius 1 is 1.00 bits per heavy atom. The SMILES string of the molecule is O=C(Nc1ccc2[nH]c(=O)[nH]c2c1)C1CCN(C(=O)CCc2ccccc2)CC1. The van der Waals surface area contributed by atoms with Crippen molar-refractivity contribution in [1.29, 1.82) is 0 Å².